The first-order chi connectivity index (χ1) is 14.2. The number of hydrogen-bond acceptors (Lipinski definition) is 5. The molecule has 0 saturated carbocycles. The molecule has 0 aliphatic carbocycles. The van der Waals surface area contributed by atoms with Crippen molar-refractivity contribution in [3.8, 4) is 0 Å². The van der Waals surface area contributed by atoms with Gasteiger partial charge in [0.15, 0.2) is 0 Å². The molecule has 2 aliphatic rings. The number of amides is 2. The molecule has 7 heteroatoms. The number of piperidine rings is 1. The number of carbonyl (C=O) groups excluding carboxylic acids is 1. The van der Waals surface area contributed by atoms with Gasteiger partial charge in [-0.2, -0.15) is 0 Å². The summed E-state index contributed by atoms with van der Waals surface area (Å²) in [4.78, 5) is 18.9. The van der Waals surface area contributed by atoms with Gasteiger partial charge >= 0.3 is 6.03 Å². The van der Waals surface area contributed by atoms with Crippen LogP contribution in [0.5, 0.6) is 0 Å². The molecule has 7 nitrogen and oxygen atoms in total. The van der Waals surface area contributed by atoms with Crippen molar-refractivity contribution in [3.63, 3.8) is 0 Å². The number of benzene rings is 1. The molecule has 29 heavy (non-hydrogen) atoms. The maximum atomic E-state index is 12.3. The first-order valence-electron chi connectivity index (χ1n) is 10.4. The van der Waals surface area contributed by atoms with Gasteiger partial charge in [-0.25, -0.2) is 15.6 Å². The van der Waals surface area contributed by atoms with E-state index in [1.165, 1.54) is 11.1 Å². The lowest BCUT2D eigenvalue weighted by molar-refractivity contribution is 0.124. The molecule has 1 aromatic carbocycles. The Balaban J connectivity index is 1.24. The molecular weight excluding hydrogens is 364 g/mol. The average Bonchev–Trinajstić information content (AvgIpc) is 3.25. The molecule has 2 aliphatic heterocycles. The Labute approximate surface area is 172 Å². The molecule has 3 heterocycles. The lowest BCUT2D eigenvalue weighted by Crippen LogP contribution is -2.55. The van der Waals surface area contributed by atoms with E-state index in [0.29, 0.717) is 6.54 Å². The third-order valence-electron chi connectivity index (χ3n) is 5.79. The van der Waals surface area contributed by atoms with Gasteiger partial charge in [-0.3, -0.25) is 9.88 Å². The summed E-state index contributed by atoms with van der Waals surface area (Å²) in [6.45, 7) is 4.52. The molecular formula is C22H30N6O. The molecule has 2 aromatic rings. The number of carbonyl (C=O) groups is 1. The number of pyridine rings is 1. The topological polar surface area (TPSA) is 81.3 Å². The molecule has 2 fully saturated rings. The molecule has 0 bridgehead atoms. The van der Waals surface area contributed by atoms with E-state index in [1.54, 1.807) is 0 Å². The second kappa shape index (κ2) is 9.35. The molecule has 1 aromatic heterocycles. The van der Waals surface area contributed by atoms with E-state index < -0.39 is 0 Å². The van der Waals surface area contributed by atoms with Crippen LogP contribution in [0.1, 0.15) is 42.0 Å². The predicted molar refractivity (Wildman–Crippen MR) is 113 cm³/mol. The highest BCUT2D eigenvalue weighted by Crippen LogP contribution is 2.25. The fourth-order valence-corrected chi connectivity index (χ4v) is 4.13. The van der Waals surface area contributed by atoms with Crippen LogP contribution < -0.4 is 21.5 Å². The van der Waals surface area contributed by atoms with E-state index in [2.05, 4.69) is 74.7 Å². The molecule has 2 saturated heterocycles. The van der Waals surface area contributed by atoms with Crippen LogP contribution in [0, 0.1) is 6.92 Å². The fraction of sp³-hybridized carbons (Fsp3) is 0.455. The number of nitrogens with one attached hydrogen (secondary N) is 4. The monoisotopic (exact) mass is 394 g/mol. The fourth-order valence-electron chi connectivity index (χ4n) is 4.13. The van der Waals surface area contributed by atoms with E-state index in [0.717, 1.165) is 37.9 Å². The number of aromatic nitrogens is 1. The zero-order chi connectivity index (χ0) is 20.1. The van der Waals surface area contributed by atoms with Crippen LogP contribution in [-0.4, -0.2) is 41.2 Å². The average molecular weight is 395 g/mol. The maximum absolute atomic E-state index is 12.3. The van der Waals surface area contributed by atoms with Crippen molar-refractivity contribution in [2.24, 2.45) is 0 Å². The molecule has 4 rings (SSSR count). The number of aryl methyl sites for hydroxylation is 1. The Bertz CT molecular complexity index is 797. The Morgan fingerprint density at radius 3 is 2.76 bits per heavy atom. The number of likely N-dealkylation sites (tertiary alicyclic amines) is 1. The summed E-state index contributed by atoms with van der Waals surface area (Å²) in [6.07, 6.45) is 7.04. The first kappa shape index (κ1) is 19.8. The minimum atomic E-state index is -0.0930. The standard InChI is InChI=1S/C22H30N6O/c1-16-4-6-17(7-5-16)14-24-22(29)25-19-3-2-12-28(15-19)21-13-20(26-27-21)18-8-10-23-11-9-18/h4-11,19-21,26-27H,2-3,12-15H2,1H3,(H2,24,25,29). The maximum Gasteiger partial charge on any atom is 0.315 e. The Morgan fingerprint density at radius 1 is 1.17 bits per heavy atom. The summed E-state index contributed by atoms with van der Waals surface area (Å²) < 4.78 is 0. The van der Waals surface area contributed by atoms with Crippen molar-refractivity contribution in [1.82, 2.24) is 31.4 Å². The van der Waals surface area contributed by atoms with E-state index in [9.17, 15) is 4.79 Å². The zero-order valence-electron chi connectivity index (χ0n) is 16.9. The van der Waals surface area contributed by atoms with Crippen LogP contribution in [0.3, 0.4) is 0 Å². The van der Waals surface area contributed by atoms with E-state index in [4.69, 9.17) is 0 Å². The van der Waals surface area contributed by atoms with Crippen LogP contribution in [0.15, 0.2) is 48.8 Å². The quantitative estimate of drug-likeness (QED) is 0.625. The van der Waals surface area contributed by atoms with E-state index >= 15 is 0 Å². The number of nitrogens with zero attached hydrogens (tertiary/aromatic N) is 2. The summed E-state index contributed by atoms with van der Waals surface area (Å²) in [5.74, 6) is 0. The number of urea groups is 1. The first-order valence-corrected chi connectivity index (χ1v) is 10.4. The highest BCUT2D eigenvalue weighted by Gasteiger charge is 2.32. The third-order valence-corrected chi connectivity index (χ3v) is 5.79. The van der Waals surface area contributed by atoms with Crippen molar-refractivity contribution in [3.05, 3.63) is 65.5 Å². The third kappa shape index (κ3) is 5.32. The van der Waals surface area contributed by atoms with Crippen LogP contribution in [0.2, 0.25) is 0 Å². The summed E-state index contributed by atoms with van der Waals surface area (Å²) >= 11 is 0. The number of rotatable bonds is 5. The van der Waals surface area contributed by atoms with Crippen LogP contribution in [-0.2, 0) is 6.54 Å². The van der Waals surface area contributed by atoms with Crippen molar-refractivity contribution < 1.29 is 4.79 Å². The van der Waals surface area contributed by atoms with Crippen molar-refractivity contribution >= 4 is 6.03 Å². The lowest BCUT2D eigenvalue weighted by atomic mass is 10.0. The van der Waals surface area contributed by atoms with Crippen LogP contribution >= 0.6 is 0 Å². The van der Waals surface area contributed by atoms with Crippen LogP contribution in [0.4, 0.5) is 4.79 Å². The van der Waals surface area contributed by atoms with E-state index in [-0.39, 0.29) is 24.3 Å². The molecule has 4 N–H and O–H groups in total. The van der Waals surface area contributed by atoms with Crippen molar-refractivity contribution in [1.29, 1.82) is 0 Å². The predicted octanol–water partition coefficient (Wildman–Crippen LogP) is 2.22. The smallest absolute Gasteiger partial charge is 0.315 e. The van der Waals surface area contributed by atoms with Gasteiger partial charge in [-0.15, -0.1) is 0 Å². The van der Waals surface area contributed by atoms with Crippen molar-refractivity contribution in [2.75, 3.05) is 13.1 Å². The minimum absolute atomic E-state index is 0.0930. The Kier molecular flexibility index (Phi) is 6.39. The van der Waals surface area contributed by atoms with Gasteiger partial charge in [0.1, 0.15) is 0 Å². The molecule has 2 amide bonds. The largest absolute Gasteiger partial charge is 0.334 e. The highest BCUT2D eigenvalue weighted by molar-refractivity contribution is 5.74. The number of hydrazine groups is 1. The van der Waals surface area contributed by atoms with Crippen LogP contribution in [0.25, 0.3) is 0 Å². The SMILES string of the molecule is Cc1ccc(CNC(=O)NC2CCCN(C3CC(c4ccncc4)NN3)C2)cc1. The molecule has 154 valence electrons. The molecule has 3 unspecified atom stereocenters. The van der Waals surface area contributed by atoms with Gasteiger partial charge in [0.05, 0.1) is 6.17 Å². The minimum Gasteiger partial charge on any atom is -0.334 e. The van der Waals surface area contributed by atoms with Gasteiger partial charge < -0.3 is 10.6 Å². The van der Waals surface area contributed by atoms with Gasteiger partial charge in [0.2, 0.25) is 0 Å². The Morgan fingerprint density at radius 2 is 1.97 bits per heavy atom. The molecule has 0 radical (unpaired) electrons. The lowest BCUT2D eigenvalue weighted by Gasteiger charge is -2.36. The van der Waals surface area contributed by atoms with Gasteiger partial charge in [-0.05, 0) is 56.0 Å². The van der Waals surface area contributed by atoms with Gasteiger partial charge in [0, 0.05) is 37.6 Å². The second-order valence-electron chi connectivity index (χ2n) is 8.02. The summed E-state index contributed by atoms with van der Waals surface area (Å²) in [5, 5.41) is 6.12. The summed E-state index contributed by atoms with van der Waals surface area (Å²) in [7, 11) is 0. The normalized spacial score (nSPS) is 24.9. The second-order valence-corrected chi connectivity index (χ2v) is 8.02. The zero-order valence-corrected chi connectivity index (χ0v) is 16.9. The van der Waals surface area contributed by atoms with E-state index in [1.807, 2.05) is 12.4 Å². The van der Waals surface area contributed by atoms with Gasteiger partial charge in [-0.1, -0.05) is 29.8 Å². The summed E-state index contributed by atoms with van der Waals surface area (Å²) in [5.41, 5.74) is 10.4. The molecule has 0 spiro atoms. The number of hydrogen-bond donors (Lipinski definition) is 4. The van der Waals surface area contributed by atoms with Crippen molar-refractivity contribution in [2.45, 2.75) is 51.0 Å². The molecule has 3 atom stereocenters. The van der Waals surface area contributed by atoms with Gasteiger partial charge in [0.25, 0.3) is 0 Å². The summed E-state index contributed by atoms with van der Waals surface area (Å²) in [6, 6.07) is 12.7. The Hall–Kier alpha value is -2.48. The highest BCUT2D eigenvalue weighted by atomic mass is 16.2.